The van der Waals surface area contributed by atoms with Crippen LogP contribution in [0.5, 0.6) is 0 Å². The summed E-state index contributed by atoms with van der Waals surface area (Å²) < 4.78 is 0.964. The van der Waals surface area contributed by atoms with Crippen LogP contribution >= 0.6 is 15.9 Å². The molecule has 2 atom stereocenters. The number of amides is 2. The molecule has 3 aromatic rings. The van der Waals surface area contributed by atoms with Crippen molar-refractivity contribution in [2.24, 2.45) is 16.9 Å². The second kappa shape index (κ2) is 6.47. The molecule has 0 saturated carbocycles. The van der Waals surface area contributed by atoms with Gasteiger partial charge in [-0.3, -0.25) is 9.59 Å². The number of hydrogen-bond donors (Lipinski definition) is 0. The molecule has 1 saturated heterocycles. The smallest absolute Gasteiger partial charge is 0.254 e. The Balaban J connectivity index is 1.45. The maximum Gasteiger partial charge on any atom is 0.254 e. The first kappa shape index (κ1) is 17.8. The Labute approximate surface area is 182 Å². The minimum atomic E-state index is -0.394. The third-order valence-corrected chi connectivity index (χ3v) is 7.15. The molecular formula is C25H17BrN2O2. The maximum atomic E-state index is 13.4. The first-order valence-corrected chi connectivity index (χ1v) is 10.8. The van der Waals surface area contributed by atoms with E-state index in [2.05, 4.69) is 45.3 Å². The summed E-state index contributed by atoms with van der Waals surface area (Å²) >= 11 is 3.41. The van der Waals surface area contributed by atoms with E-state index in [4.69, 9.17) is 0 Å². The van der Waals surface area contributed by atoms with Gasteiger partial charge in [0.25, 0.3) is 11.8 Å². The van der Waals surface area contributed by atoms with Crippen LogP contribution in [0.4, 0.5) is 0 Å². The van der Waals surface area contributed by atoms with Crippen LogP contribution in [0.1, 0.15) is 39.7 Å². The van der Waals surface area contributed by atoms with Crippen molar-refractivity contribution in [3.05, 3.63) is 105 Å². The van der Waals surface area contributed by atoms with Gasteiger partial charge >= 0.3 is 0 Å². The third kappa shape index (κ3) is 2.36. The van der Waals surface area contributed by atoms with Gasteiger partial charge in [-0.15, -0.1) is 0 Å². The van der Waals surface area contributed by atoms with E-state index < -0.39 is 11.8 Å². The molecule has 4 aliphatic rings. The number of carbonyl (C=O) groups excluding carboxylic acids is 2. The lowest BCUT2D eigenvalue weighted by Gasteiger charge is -2.45. The van der Waals surface area contributed by atoms with Crippen LogP contribution in [0, 0.1) is 11.8 Å². The Bertz CT molecular complexity index is 1120. The van der Waals surface area contributed by atoms with Gasteiger partial charge in [0, 0.05) is 16.3 Å². The topological polar surface area (TPSA) is 49.7 Å². The van der Waals surface area contributed by atoms with Crippen molar-refractivity contribution in [3.63, 3.8) is 0 Å². The number of hydrazone groups is 1. The Morgan fingerprint density at radius 1 is 0.700 bits per heavy atom. The van der Waals surface area contributed by atoms with Crippen LogP contribution in [0.25, 0.3) is 0 Å². The normalized spacial score (nSPS) is 26.1. The Hall–Kier alpha value is -3.05. The third-order valence-electron chi connectivity index (χ3n) is 6.62. The summed E-state index contributed by atoms with van der Waals surface area (Å²) in [6.45, 7) is 0. The Morgan fingerprint density at radius 3 is 1.57 bits per heavy atom. The summed E-state index contributed by atoms with van der Waals surface area (Å²) in [5.74, 6) is -1.38. The van der Waals surface area contributed by atoms with Gasteiger partial charge in [-0.1, -0.05) is 76.6 Å². The minimum Gasteiger partial charge on any atom is -0.272 e. The van der Waals surface area contributed by atoms with Crippen LogP contribution in [-0.2, 0) is 9.59 Å². The zero-order chi connectivity index (χ0) is 20.4. The molecule has 0 radical (unpaired) electrons. The highest BCUT2D eigenvalue weighted by atomic mass is 79.9. The number of imide groups is 1. The van der Waals surface area contributed by atoms with Gasteiger partial charge in [-0.25, -0.2) is 0 Å². The molecule has 4 nitrogen and oxygen atoms in total. The van der Waals surface area contributed by atoms with E-state index in [0.29, 0.717) is 0 Å². The fourth-order valence-corrected chi connectivity index (χ4v) is 5.71. The molecule has 0 spiro atoms. The quantitative estimate of drug-likeness (QED) is 0.415. The molecule has 2 bridgehead atoms. The number of nitrogens with zero attached hydrogens (tertiary/aromatic N) is 2. The Kier molecular flexibility index (Phi) is 3.84. The first-order valence-electron chi connectivity index (χ1n) is 10.00. The molecule has 3 aliphatic carbocycles. The van der Waals surface area contributed by atoms with Crippen LogP contribution in [-0.4, -0.2) is 23.0 Å². The number of carbonyl (C=O) groups is 2. The monoisotopic (exact) mass is 456 g/mol. The molecule has 1 aliphatic heterocycles. The zero-order valence-corrected chi connectivity index (χ0v) is 17.5. The predicted molar refractivity (Wildman–Crippen MR) is 117 cm³/mol. The molecule has 3 aromatic carbocycles. The molecule has 1 heterocycles. The second-order valence-corrected chi connectivity index (χ2v) is 8.96. The summed E-state index contributed by atoms with van der Waals surface area (Å²) in [7, 11) is 0. The SMILES string of the molecule is O=C1[C@@H]2C3c4ccccc4C(c4ccccc43)[C@@H]2C(=O)N1/N=C\c1ccc(Br)cc1. The standard InChI is InChI=1S/C25H17BrN2O2/c26-15-11-9-14(10-12-15)13-27-28-24(29)22-20-16-5-1-2-6-17(16)21(23(22)25(28)30)19-8-4-3-7-18(19)20/h1-13,20-23H/b27-13-/t20?,21?,22-,23+. The van der Waals surface area contributed by atoms with Crippen molar-refractivity contribution >= 4 is 34.0 Å². The molecule has 0 N–H and O–H groups in total. The van der Waals surface area contributed by atoms with E-state index in [-0.39, 0.29) is 23.7 Å². The molecule has 5 heteroatoms. The molecule has 30 heavy (non-hydrogen) atoms. The van der Waals surface area contributed by atoms with Gasteiger partial charge in [-0.05, 0) is 39.9 Å². The summed E-state index contributed by atoms with van der Waals surface area (Å²) in [6.07, 6.45) is 1.59. The number of rotatable bonds is 2. The van der Waals surface area contributed by atoms with Crippen molar-refractivity contribution < 1.29 is 9.59 Å². The summed E-state index contributed by atoms with van der Waals surface area (Å²) in [5.41, 5.74) is 5.51. The van der Waals surface area contributed by atoms with E-state index in [1.165, 1.54) is 22.3 Å². The highest BCUT2D eigenvalue weighted by molar-refractivity contribution is 9.10. The van der Waals surface area contributed by atoms with Crippen molar-refractivity contribution in [1.82, 2.24) is 5.01 Å². The van der Waals surface area contributed by atoms with Gasteiger partial charge in [0.2, 0.25) is 0 Å². The van der Waals surface area contributed by atoms with Crippen LogP contribution in [0.2, 0.25) is 0 Å². The van der Waals surface area contributed by atoms with Crippen molar-refractivity contribution in [2.75, 3.05) is 0 Å². The van der Waals surface area contributed by atoms with Gasteiger partial charge in [-0.2, -0.15) is 10.1 Å². The number of benzene rings is 3. The lowest BCUT2D eigenvalue weighted by molar-refractivity contribution is -0.139. The lowest BCUT2D eigenvalue weighted by atomic mass is 9.55. The number of halogens is 1. The fourth-order valence-electron chi connectivity index (χ4n) is 5.45. The van der Waals surface area contributed by atoms with E-state index >= 15 is 0 Å². The molecule has 1 fully saturated rings. The van der Waals surface area contributed by atoms with Gasteiger partial charge in [0.1, 0.15) is 0 Å². The average molecular weight is 457 g/mol. The molecule has 0 unspecified atom stereocenters. The summed E-state index contributed by atoms with van der Waals surface area (Å²) in [5, 5.41) is 5.43. The fraction of sp³-hybridized carbons (Fsp3) is 0.160. The van der Waals surface area contributed by atoms with Crippen molar-refractivity contribution in [1.29, 1.82) is 0 Å². The molecule has 7 rings (SSSR count). The van der Waals surface area contributed by atoms with E-state index in [1.54, 1.807) is 6.21 Å². The lowest BCUT2D eigenvalue weighted by Crippen LogP contribution is -2.41. The van der Waals surface area contributed by atoms with Gasteiger partial charge in [0.05, 0.1) is 18.1 Å². The highest BCUT2D eigenvalue weighted by Crippen LogP contribution is 2.60. The van der Waals surface area contributed by atoms with Gasteiger partial charge < -0.3 is 0 Å². The van der Waals surface area contributed by atoms with Crippen LogP contribution < -0.4 is 0 Å². The van der Waals surface area contributed by atoms with E-state index in [9.17, 15) is 9.59 Å². The van der Waals surface area contributed by atoms with Crippen LogP contribution in [0.3, 0.4) is 0 Å². The molecular weight excluding hydrogens is 440 g/mol. The minimum absolute atomic E-state index is 0.100. The zero-order valence-electron chi connectivity index (χ0n) is 15.9. The maximum absolute atomic E-state index is 13.4. The first-order chi connectivity index (χ1) is 14.6. The molecule has 0 aromatic heterocycles. The van der Waals surface area contributed by atoms with Crippen molar-refractivity contribution in [2.45, 2.75) is 11.8 Å². The molecule has 146 valence electrons. The van der Waals surface area contributed by atoms with Gasteiger partial charge in [0.15, 0.2) is 0 Å². The molecule has 2 amide bonds. The average Bonchev–Trinajstić information content (AvgIpc) is 3.04. The summed E-state index contributed by atoms with van der Waals surface area (Å²) in [4.78, 5) is 26.8. The van der Waals surface area contributed by atoms with Crippen LogP contribution in [0.15, 0.2) is 82.4 Å². The highest BCUT2D eigenvalue weighted by Gasteiger charge is 2.61. The second-order valence-electron chi connectivity index (χ2n) is 8.05. The van der Waals surface area contributed by atoms with E-state index in [0.717, 1.165) is 15.0 Å². The number of hydrogen-bond acceptors (Lipinski definition) is 3. The summed E-state index contributed by atoms with van der Waals surface area (Å²) in [6, 6.07) is 24.1. The largest absolute Gasteiger partial charge is 0.272 e. The van der Waals surface area contributed by atoms with Crippen molar-refractivity contribution in [3.8, 4) is 0 Å². The Morgan fingerprint density at radius 2 is 1.13 bits per heavy atom. The van der Waals surface area contributed by atoms with E-state index in [1.807, 2.05) is 48.5 Å². The predicted octanol–water partition coefficient (Wildman–Crippen LogP) is 4.68.